The van der Waals surface area contributed by atoms with E-state index in [1.807, 2.05) is 7.05 Å². The summed E-state index contributed by atoms with van der Waals surface area (Å²) >= 11 is 0. The van der Waals surface area contributed by atoms with E-state index in [0.717, 1.165) is 13.0 Å². The number of rotatable bonds is 5. The van der Waals surface area contributed by atoms with Gasteiger partial charge in [0, 0.05) is 6.08 Å². The van der Waals surface area contributed by atoms with Gasteiger partial charge in [-0.1, -0.05) is 6.58 Å². The summed E-state index contributed by atoms with van der Waals surface area (Å²) in [5.74, 6) is -0.351. The number of hydrogen-bond donors (Lipinski definition) is 1. The lowest BCUT2D eigenvalue weighted by molar-refractivity contribution is -0.137. The van der Waals surface area contributed by atoms with Crippen molar-refractivity contribution < 1.29 is 9.53 Å². The van der Waals surface area contributed by atoms with Crippen LogP contribution in [0.1, 0.15) is 6.42 Å². The maximum absolute atomic E-state index is 10.4. The Labute approximate surface area is 61.1 Å². The monoisotopic (exact) mass is 143 g/mol. The molecular formula is C7H13NO2. The number of hydrogen-bond acceptors (Lipinski definition) is 3. The van der Waals surface area contributed by atoms with Crippen molar-refractivity contribution in [1.29, 1.82) is 0 Å². The molecule has 0 heterocycles. The van der Waals surface area contributed by atoms with Gasteiger partial charge in [0.1, 0.15) is 0 Å². The third-order valence-electron chi connectivity index (χ3n) is 0.982. The first-order valence-corrected chi connectivity index (χ1v) is 3.25. The third-order valence-corrected chi connectivity index (χ3v) is 0.982. The van der Waals surface area contributed by atoms with Gasteiger partial charge in [-0.25, -0.2) is 4.79 Å². The molecule has 0 aliphatic carbocycles. The van der Waals surface area contributed by atoms with Crippen molar-refractivity contribution >= 4 is 5.97 Å². The van der Waals surface area contributed by atoms with Crippen LogP contribution in [-0.2, 0) is 9.53 Å². The Morgan fingerprint density at radius 3 is 3.00 bits per heavy atom. The van der Waals surface area contributed by atoms with Gasteiger partial charge in [0.05, 0.1) is 6.61 Å². The van der Waals surface area contributed by atoms with Crippen LogP contribution in [0.4, 0.5) is 0 Å². The second kappa shape index (κ2) is 6.29. The van der Waals surface area contributed by atoms with Crippen molar-refractivity contribution in [3.63, 3.8) is 0 Å². The van der Waals surface area contributed by atoms with Gasteiger partial charge in [0.2, 0.25) is 0 Å². The van der Waals surface area contributed by atoms with Gasteiger partial charge in [-0.3, -0.25) is 0 Å². The highest BCUT2D eigenvalue weighted by atomic mass is 16.5. The fourth-order valence-corrected chi connectivity index (χ4v) is 0.481. The minimum absolute atomic E-state index is 0.351. The summed E-state index contributed by atoms with van der Waals surface area (Å²) < 4.78 is 4.70. The van der Waals surface area contributed by atoms with Gasteiger partial charge in [0.25, 0.3) is 0 Å². The van der Waals surface area contributed by atoms with Crippen LogP contribution in [0.3, 0.4) is 0 Å². The van der Waals surface area contributed by atoms with Crippen LogP contribution in [0.25, 0.3) is 0 Å². The number of carbonyl (C=O) groups is 1. The molecule has 0 rings (SSSR count). The molecule has 0 radical (unpaired) electrons. The second-order valence-electron chi connectivity index (χ2n) is 1.83. The Balaban J connectivity index is 3.03. The molecule has 0 saturated heterocycles. The molecule has 0 unspecified atom stereocenters. The summed E-state index contributed by atoms with van der Waals surface area (Å²) in [5.41, 5.74) is 0. The first-order chi connectivity index (χ1) is 4.81. The largest absolute Gasteiger partial charge is 0.462 e. The maximum atomic E-state index is 10.4. The van der Waals surface area contributed by atoms with E-state index in [4.69, 9.17) is 4.74 Å². The Morgan fingerprint density at radius 1 is 1.80 bits per heavy atom. The van der Waals surface area contributed by atoms with Gasteiger partial charge in [-0.15, -0.1) is 0 Å². The van der Waals surface area contributed by atoms with Crippen LogP contribution in [0.5, 0.6) is 0 Å². The molecule has 1 N–H and O–H groups in total. The highest BCUT2D eigenvalue weighted by Crippen LogP contribution is 1.82. The van der Waals surface area contributed by atoms with Crippen LogP contribution < -0.4 is 5.32 Å². The smallest absolute Gasteiger partial charge is 0.330 e. The van der Waals surface area contributed by atoms with E-state index in [1.54, 1.807) is 0 Å². The van der Waals surface area contributed by atoms with Crippen molar-refractivity contribution in [2.75, 3.05) is 20.2 Å². The van der Waals surface area contributed by atoms with E-state index in [2.05, 4.69) is 11.9 Å². The van der Waals surface area contributed by atoms with Crippen molar-refractivity contribution in [2.24, 2.45) is 0 Å². The molecule has 3 nitrogen and oxygen atoms in total. The lowest BCUT2D eigenvalue weighted by Crippen LogP contribution is -2.11. The van der Waals surface area contributed by atoms with Crippen molar-refractivity contribution in [3.05, 3.63) is 12.7 Å². The van der Waals surface area contributed by atoms with Gasteiger partial charge in [-0.05, 0) is 20.0 Å². The third kappa shape index (κ3) is 5.31. The molecule has 0 atom stereocenters. The zero-order valence-corrected chi connectivity index (χ0v) is 6.22. The lowest BCUT2D eigenvalue weighted by atomic mass is 10.4. The van der Waals surface area contributed by atoms with Crippen molar-refractivity contribution in [1.82, 2.24) is 5.32 Å². The maximum Gasteiger partial charge on any atom is 0.330 e. The topological polar surface area (TPSA) is 38.3 Å². The van der Waals surface area contributed by atoms with Crippen LogP contribution in [-0.4, -0.2) is 26.2 Å². The van der Waals surface area contributed by atoms with Crippen LogP contribution in [0, 0.1) is 0 Å². The van der Waals surface area contributed by atoms with Gasteiger partial charge >= 0.3 is 5.97 Å². The minimum atomic E-state index is -0.351. The molecular weight excluding hydrogens is 130 g/mol. The molecule has 0 spiro atoms. The number of carbonyl (C=O) groups excluding carboxylic acids is 1. The highest BCUT2D eigenvalue weighted by molar-refractivity contribution is 5.81. The summed E-state index contributed by atoms with van der Waals surface area (Å²) in [4.78, 5) is 10.4. The molecule has 0 aromatic carbocycles. The highest BCUT2D eigenvalue weighted by Gasteiger charge is 1.92. The number of ether oxygens (including phenoxy) is 1. The van der Waals surface area contributed by atoms with Crippen molar-refractivity contribution in [2.45, 2.75) is 6.42 Å². The van der Waals surface area contributed by atoms with E-state index < -0.39 is 0 Å². The molecule has 0 saturated carbocycles. The molecule has 0 bridgehead atoms. The summed E-state index contributed by atoms with van der Waals surface area (Å²) in [6.07, 6.45) is 2.01. The van der Waals surface area contributed by atoms with E-state index in [9.17, 15) is 4.79 Å². The predicted molar refractivity (Wildman–Crippen MR) is 39.7 cm³/mol. The molecule has 0 aliphatic rings. The molecule has 0 amide bonds. The average Bonchev–Trinajstić information content (AvgIpc) is 1.98. The first-order valence-electron chi connectivity index (χ1n) is 3.25. The first kappa shape index (κ1) is 9.17. The predicted octanol–water partition coefficient (Wildman–Crippen LogP) is 0.325. The number of esters is 1. The summed E-state index contributed by atoms with van der Waals surface area (Å²) in [6, 6.07) is 0. The lowest BCUT2D eigenvalue weighted by Gasteiger charge is -1.99. The Morgan fingerprint density at radius 2 is 2.50 bits per heavy atom. The number of nitrogens with one attached hydrogen (secondary N) is 1. The molecule has 0 aliphatic heterocycles. The Kier molecular flexibility index (Phi) is 5.77. The summed E-state index contributed by atoms with van der Waals surface area (Å²) in [6.45, 7) is 4.60. The van der Waals surface area contributed by atoms with Crippen LogP contribution in [0.15, 0.2) is 12.7 Å². The average molecular weight is 143 g/mol. The normalized spacial score (nSPS) is 8.90. The molecule has 58 valence electrons. The molecule has 0 aromatic rings. The summed E-state index contributed by atoms with van der Waals surface area (Å²) in [7, 11) is 1.86. The van der Waals surface area contributed by atoms with E-state index in [1.165, 1.54) is 6.08 Å². The van der Waals surface area contributed by atoms with E-state index >= 15 is 0 Å². The van der Waals surface area contributed by atoms with Gasteiger partial charge < -0.3 is 10.1 Å². The van der Waals surface area contributed by atoms with Crippen LogP contribution in [0.2, 0.25) is 0 Å². The van der Waals surface area contributed by atoms with E-state index in [-0.39, 0.29) is 5.97 Å². The SMILES string of the molecule is C=CC(=O)OCCCNC. The molecule has 3 heteroatoms. The standard InChI is InChI=1S/C7H13NO2/c1-3-7(9)10-6-4-5-8-2/h3,8H,1,4-6H2,2H3. The van der Waals surface area contributed by atoms with Crippen LogP contribution >= 0.6 is 0 Å². The molecule has 0 aromatic heterocycles. The Hall–Kier alpha value is -0.830. The van der Waals surface area contributed by atoms with Gasteiger partial charge in [0.15, 0.2) is 0 Å². The van der Waals surface area contributed by atoms with Gasteiger partial charge in [-0.2, -0.15) is 0 Å². The molecule has 10 heavy (non-hydrogen) atoms. The molecule has 0 fully saturated rings. The quantitative estimate of drug-likeness (QED) is 0.342. The minimum Gasteiger partial charge on any atom is -0.462 e. The van der Waals surface area contributed by atoms with Crippen molar-refractivity contribution in [3.8, 4) is 0 Å². The summed E-state index contributed by atoms with van der Waals surface area (Å²) in [5, 5.41) is 2.94. The second-order valence-corrected chi connectivity index (χ2v) is 1.83. The fourth-order valence-electron chi connectivity index (χ4n) is 0.481. The fraction of sp³-hybridized carbons (Fsp3) is 0.571. The zero-order chi connectivity index (χ0) is 7.82. The van der Waals surface area contributed by atoms with E-state index in [0.29, 0.717) is 6.61 Å². The zero-order valence-electron chi connectivity index (χ0n) is 6.22. The Bertz CT molecular complexity index is 112.